The van der Waals surface area contributed by atoms with Crippen LogP contribution in [0.4, 0.5) is 0 Å². The SMILES string of the molecule is C/C=C/COc1c(Cl)cc(CO)cc1OC. The summed E-state index contributed by atoms with van der Waals surface area (Å²) in [4.78, 5) is 0. The first kappa shape index (κ1) is 12.9. The van der Waals surface area contributed by atoms with Gasteiger partial charge in [0.05, 0.1) is 18.7 Å². The third-order valence-electron chi connectivity index (χ3n) is 2.03. The second-order valence-corrected chi connectivity index (χ2v) is 3.55. The minimum atomic E-state index is -0.0782. The van der Waals surface area contributed by atoms with Crippen LogP contribution in [0.1, 0.15) is 12.5 Å². The highest BCUT2D eigenvalue weighted by atomic mass is 35.5. The Morgan fingerprint density at radius 3 is 2.75 bits per heavy atom. The normalized spacial score (nSPS) is 10.8. The van der Waals surface area contributed by atoms with Gasteiger partial charge in [-0.05, 0) is 24.6 Å². The number of halogens is 1. The molecule has 0 unspecified atom stereocenters. The average Bonchev–Trinajstić information content (AvgIpc) is 2.30. The van der Waals surface area contributed by atoms with E-state index in [1.807, 2.05) is 19.1 Å². The number of rotatable bonds is 5. The number of hydrogen-bond acceptors (Lipinski definition) is 3. The molecule has 1 N–H and O–H groups in total. The molecule has 88 valence electrons. The van der Waals surface area contributed by atoms with Gasteiger partial charge in [-0.25, -0.2) is 0 Å². The van der Waals surface area contributed by atoms with Gasteiger partial charge in [0.1, 0.15) is 6.61 Å². The number of ether oxygens (including phenoxy) is 2. The highest BCUT2D eigenvalue weighted by Gasteiger charge is 2.11. The number of aliphatic hydroxyl groups excluding tert-OH is 1. The molecule has 0 atom stereocenters. The largest absolute Gasteiger partial charge is 0.493 e. The van der Waals surface area contributed by atoms with Crippen molar-refractivity contribution in [3.8, 4) is 11.5 Å². The molecule has 0 spiro atoms. The van der Waals surface area contributed by atoms with Gasteiger partial charge >= 0.3 is 0 Å². The van der Waals surface area contributed by atoms with E-state index in [1.165, 1.54) is 7.11 Å². The lowest BCUT2D eigenvalue weighted by atomic mass is 10.2. The first-order valence-corrected chi connectivity index (χ1v) is 5.32. The Labute approximate surface area is 100 Å². The molecule has 0 bridgehead atoms. The maximum absolute atomic E-state index is 9.02. The number of aliphatic hydroxyl groups is 1. The van der Waals surface area contributed by atoms with Crippen LogP contribution in [0.2, 0.25) is 5.02 Å². The molecule has 3 nitrogen and oxygen atoms in total. The first-order valence-electron chi connectivity index (χ1n) is 4.94. The lowest BCUT2D eigenvalue weighted by molar-refractivity contribution is 0.279. The van der Waals surface area contributed by atoms with Gasteiger partial charge in [0.2, 0.25) is 0 Å². The molecule has 0 amide bonds. The van der Waals surface area contributed by atoms with Gasteiger partial charge in [0.25, 0.3) is 0 Å². The van der Waals surface area contributed by atoms with Crippen LogP contribution in [0.25, 0.3) is 0 Å². The number of benzene rings is 1. The fourth-order valence-corrected chi connectivity index (χ4v) is 1.52. The van der Waals surface area contributed by atoms with Crippen molar-refractivity contribution >= 4 is 11.6 Å². The lowest BCUT2D eigenvalue weighted by Gasteiger charge is -2.12. The fourth-order valence-electron chi connectivity index (χ4n) is 1.23. The first-order chi connectivity index (χ1) is 7.72. The van der Waals surface area contributed by atoms with Crippen LogP contribution in [0.5, 0.6) is 11.5 Å². The molecule has 0 radical (unpaired) electrons. The standard InChI is InChI=1S/C12H15ClO3/c1-3-4-5-16-12-10(13)6-9(8-14)7-11(12)15-2/h3-4,6-7,14H,5,8H2,1-2H3/b4-3+. The van der Waals surface area contributed by atoms with Gasteiger partial charge in [-0.2, -0.15) is 0 Å². The van der Waals surface area contributed by atoms with Crippen molar-refractivity contribution < 1.29 is 14.6 Å². The van der Waals surface area contributed by atoms with Crippen LogP contribution in [0.3, 0.4) is 0 Å². The minimum absolute atomic E-state index is 0.0782. The van der Waals surface area contributed by atoms with Crippen molar-refractivity contribution in [2.24, 2.45) is 0 Å². The summed E-state index contributed by atoms with van der Waals surface area (Å²) in [6.07, 6.45) is 3.76. The van der Waals surface area contributed by atoms with Crippen molar-refractivity contribution in [1.29, 1.82) is 0 Å². The third kappa shape index (κ3) is 3.15. The Bertz CT molecular complexity index is 375. The second kappa shape index (κ2) is 6.40. The summed E-state index contributed by atoms with van der Waals surface area (Å²) in [6, 6.07) is 3.37. The van der Waals surface area contributed by atoms with Gasteiger partial charge in [-0.15, -0.1) is 0 Å². The summed E-state index contributed by atoms with van der Waals surface area (Å²) in [5, 5.41) is 9.46. The van der Waals surface area contributed by atoms with E-state index in [0.717, 1.165) is 0 Å². The van der Waals surface area contributed by atoms with Crippen molar-refractivity contribution in [2.75, 3.05) is 13.7 Å². The Kier molecular flexibility index (Phi) is 5.15. The minimum Gasteiger partial charge on any atom is -0.493 e. The maximum Gasteiger partial charge on any atom is 0.180 e. The van der Waals surface area contributed by atoms with Gasteiger partial charge in [0.15, 0.2) is 11.5 Å². The summed E-state index contributed by atoms with van der Waals surface area (Å²) in [7, 11) is 1.54. The van der Waals surface area contributed by atoms with Crippen LogP contribution in [-0.4, -0.2) is 18.8 Å². The molecule has 1 aromatic rings. The molecular formula is C12H15ClO3. The molecule has 0 heterocycles. The quantitative estimate of drug-likeness (QED) is 0.807. The number of allylic oxidation sites excluding steroid dienone is 1. The molecule has 16 heavy (non-hydrogen) atoms. The highest BCUT2D eigenvalue weighted by molar-refractivity contribution is 6.32. The molecule has 4 heteroatoms. The van der Waals surface area contributed by atoms with Crippen LogP contribution in [-0.2, 0) is 6.61 Å². The second-order valence-electron chi connectivity index (χ2n) is 3.15. The van der Waals surface area contributed by atoms with E-state index in [-0.39, 0.29) is 6.61 Å². The topological polar surface area (TPSA) is 38.7 Å². The van der Waals surface area contributed by atoms with E-state index in [0.29, 0.717) is 28.7 Å². The van der Waals surface area contributed by atoms with Gasteiger partial charge < -0.3 is 14.6 Å². The molecule has 1 aromatic carbocycles. The van der Waals surface area contributed by atoms with Crippen molar-refractivity contribution in [3.63, 3.8) is 0 Å². The zero-order valence-corrected chi connectivity index (χ0v) is 10.1. The molecule has 0 saturated carbocycles. The summed E-state index contributed by atoms with van der Waals surface area (Å²) < 4.78 is 10.6. The molecule has 0 fully saturated rings. The maximum atomic E-state index is 9.02. The van der Waals surface area contributed by atoms with E-state index >= 15 is 0 Å². The van der Waals surface area contributed by atoms with Crippen LogP contribution in [0, 0.1) is 0 Å². The number of hydrogen-bond donors (Lipinski definition) is 1. The zero-order chi connectivity index (χ0) is 12.0. The third-order valence-corrected chi connectivity index (χ3v) is 2.31. The summed E-state index contributed by atoms with van der Waals surface area (Å²) >= 11 is 6.03. The molecule has 0 saturated heterocycles. The molecule has 0 aromatic heterocycles. The molecule has 0 aliphatic rings. The van der Waals surface area contributed by atoms with Gasteiger partial charge in [0, 0.05) is 0 Å². The fraction of sp³-hybridized carbons (Fsp3) is 0.333. The van der Waals surface area contributed by atoms with Crippen molar-refractivity contribution in [2.45, 2.75) is 13.5 Å². The van der Waals surface area contributed by atoms with E-state index in [4.69, 9.17) is 26.2 Å². The molecular weight excluding hydrogens is 228 g/mol. The smallest absolute Gasteiger partial charge is 0.180 e. The van der Waals surface area contributed by atoms with E-state index in [1.54, 1.807) is 12.1 Å². The summed E-state index contributed by atoms with van der Waals surface area (Å²) in [6.45, 7) is 2.27. The van der Waals surface area contributed by atoms with Gasteiger partial charge in [-0.3, -0.25) is 0 Å². The van der Waals surface area contributed by atoms with Crippen LogP contribution >= 0.6 is 11.6 Å². The van der Waals surface area contributed by atoms with Crippen LogP contribution < -0.4 is 9.47 Å². The zero-order valence-electron chi connectivity index (χ0n) is 9.37. The Balaban J connectivity index is 2.96. The highest BCUT2D eigenvalue weighted by Crippen LogP contribution is 2.36. The molecule has 0 aliphatic heterocycles. The average molecular weight is 243 g/mol. The molecule has 1 rings (SSSR count). The Morgan fingerprint density at radius 2 is 2.19 bits per heavy atom. The Morgan fingerprint density at radius 1 is 1.44 bits per heavy atom. The van der Waals surface area contributed by atoms with Crippen molar-refractivity contribution in [1.82, 2.24) is 0 Å². The van der Waals surface area contributed by atoms with E-state index < -0.39 is 0 Å². The lowest BCUT2D eigenvalue weighted by Crippen LogP contribution is -1.98. The number of methoxy groups -OCH3 is 1. The van der Waals surface area contributed by atoms with E-state index in [2.05, 4.69) is 0 Å². The van der Waals surface area contributed by atoms with Crippen molar-refractivity contribution in [3.05, 3.63) is 34.9 Å². The predicted octanol–water partition coefficient (Wildman–Crippen LogP) is 2.80. The predicted molar refractivity (Wildman–Crippen MR) is 64.2 cm³/mol. The molecule has 0 aliphatic carbocycles. The Hall–Kier alpha value is -1.19. The van der Waals surface area contributed by atoms with Crippen LogP contribution in [0.15, 0.2) is 24.3 Å². The summed E-state index contributed by atoms with van der Waals surface area (Å²) in [5.41, 5.74) is 0.695. The van der Waals surface area contributed by atoms with Gasteiger partial charge in [-0.1, -0.05) is 23.8 Å². The van der Waals surface area contributed by atoms with E-state index in [9.17, 15) is 0 Å². The summed E-state index contributed by atoms with van der Waals surface area (Å²) in [5.74, 6) is 1.03. The monoisotopic (exact) mass is 242 g/mol.